The number of hydrogen-bond donors (Lipinski definition) is 1. The van der Waals surface area contributed by atoms with Gasteiger partial charge in [0.25, 0.3) is 11.5 Å². The van der Waals surface area contributed by atoms with Crippen molar-refractivity contribution in [2.24, 2.45) is 0 Å². The van der Waals surface area contributed by atoms with Gasteiger partial charge >= 0.3 is 0 Å². The molecule has 7 heteroatoms. The molecule has 1 aromatic carbocycles. The van der Waals surface area contributed by atoms with Crippen molar-refractivity contribution in [3.8, 4) is 0 Å². The fourth-order valence-corrected chi connectivity index (χ4v) is 3.40. The number of likely N-dealkylation sites (tertiary alicyclic amines) is 1. The molecule has 3 aromatic rings. The number of carbonyl (C=O) groups excluding carboxylic acids is 1. The second-order valence-corrected chi connectivity index (χ2v) is 7.03. The molecule has 0 unspecified atom stereocenters. The van der Waals surface area contributed by atoms with Gasteiger partial charge in [-0.1, -0.05) is 11.6 Å². The van der Waals surface area contributed by atoms with E-state index in [1.807, 2.05) is 29.2 Å². The fraction of sp³-hybridized carbons (Fsp3) is 0.250. The molecule has 3 heterocycles. The summed E-state index contributed by atoms with van der Waals surface area (Å²) in [6, 6.07) is 12.3. The zero-order chi connectivity index (χ0) is 18.8. The summed E-state index contributed by atoms with van der Waals surface area (Å²) in [4.78, 5) is 30.9. The molecule has 1 amide bonds. The molecular weight excluding hydrogens is 364 g/mol. The summed E-state index contributed by atoms with van der Waals surface area (Å²) in [5.41, 5.74) is 2.58. The largest absolute Gasteiger partial charge is 0.379 e. The highest BCUT2D eigenvalue weighted by Gasteiger charge is 2.19. The normalized spacial score (nSPS) is 13.9. The van der Waals surface area contributed by atoms with Crippen LogP contribution >= 0.6 is 11.6 Å². The number of anilines is 1. The lowest BCUT2D eigenvalue weighted by atomic mass is 10.2. The third-order valence-corrected chi connectivity index (χ3v) is 4.90. The molecule has 0 atom stereocenters. The quantitative estimate of drug-likeness (QED) is 0.752. The minimum atomic E-state index is -0.175. The molecule has 0 aliphatic carbocycles. The molecule has 1 aliphatic rings. The Bertz CT molecular complexity index is 1040. The Morgan fingerprint density at radius 2 is 1.85 bits per heavy atom. The van der Waals surface area contributed by atoms with Crippen LogP contribution in [0.1, 0.15) is 28.9 Å². The van der Waals surface area contributed by atoms with Gasteiger partial charge in [-0.05, 0) is 49.2 Å². The highest BCUT2D eigenvalue weighted by atomic mass is 35.5. The van der Waals surface area contributed by atoms with Gasteiger partial charge < -0.3 is 10.2 Å². The van der Waals surface area contributed by atoms with Crippen molar-refractivity contribution in [2.75, 3.05) is 18.4 Å². The van der Waals surface area contributed by atoms with Crippen molar-refractivity contribution in [1.29, 1.82) is 0 Å². The predicted molar refractivity (Wildman–Crippen MR) is 105 cm³/mol. The number of pyridine rings is 1. The van der Waals surface area contributed by atoms with E-state index in [0.29, 0.717) is 28.5 Å². The van der Waals surface area contributed by atoms with Gasteiger partial charge in [-0.25, -0.2) is 4.98 Å². The molecule has 0 saturated carbocycles. The van der Waals surface area contributed by atoms with Gasteiger partial charge in [-0.3, -0.25) is 14.0 Å². The Kier molecular flexibility index (Phi) is 4.81. The van der Waals surface area contributed by atoms with E-state index in [2.05, 4.69) is 10.3 Å². The van der Waals surface area contributed by atoms with Crippen LogP contribution in [-0.4, -0.2) is 33.3 Å². The number of hydrogen-bond acceptors (Lipinski definition) is 4. The summed E-state index contributed by atoms with van der Waals surface area (Å²) >= 11 is 5.92. The SMILES string of the molecule is O=C(c1ccc(NCc2cc(=O)n3cc(Cl)ccc3n2)cc1)N1CCCC1. The number of aromatic nitrogens is 2. The highest BCUT2D eigenvalue weighted by Crippen LogP contribution is 2.16. The zero-order valence-electron chi connectivity index (χ0n) is 14.7. The lowest BCUT2D eigenvalue weighted by molar-refractivity contribution is 0.0793. The number of benzene rings is 1. The van der Waals surface area contributed by atoms with Crippen LogP contribution in [0.25, 0.3) is 5.65 Å². The van der Waals surface area contributed by atoms with Crippen LogP contribution in [0.4, 0.5) is 5.69 Å². The molecule has 0 bridgehead atoms. The number of carbonyl (C=O) groups is 1. The van der Waals surface area contributed by atoms with Gasteiger partial charge in [0.15, 0.2) is 0 Å². The first-order valence-electron chi connectivity index (χ1n) is 8.91. The van der Waals surface area contributed by atoms with Gasteiger partial charge in [0.05, 0.1) is 17.3 Å². The number of halogens is 1. The van der Waals surface area contributed by atoms with E-state index >= 15 is 0 Å². The van der Waals surface area contributed by atoms with Gasteiger partial charge in [0.2, 0.25) is 0 Å². The highest BCUT2D eigenvalue weighted by molar-refractivity contribution is 6.30. The Labute approximate surface area is 161 Å². The van der Waals surface area contributed by atoms with Crippen LogP contribution in [-0.2, 0) is 6.54 Å². The van der Waals surface area contributed by atoms with Crippen LogP contribution in [0.2, 0.25) is 5.02 Å². The molecule has 1 aliphatic heterocycles. The Morgan fingerprint density at radius 3 is 2.59 bits per heavy atom. The summed E-state index contributed by atoms with van der Waals surface area (Å²) in [5, 5.41) is 3.73. The van der Waals surface area contributed by atoms with Crippen LogP contribution in [0.3, 0.4) is 0 Å². The molecule has 0 spiro atoms. The minimum absolute atomic E-state index is 0.0851. The number of nitrogens with one attached hydrogen (secondary N) is 1. The smallest absolute Gasteiger partial charge is 0.258 e. The van der Waals surface area contributed by atoms with Crippen molar-refractivity contribution >= 4 is 28.8 Å². The van der Waals surface area contributed by atoms with Crippen molar-refractivity contribution in [3.05, 3.63) is 75.3 Å². The third kappa shape index (κ3) is 3.80. The molecule has 138 valence electrons. The first kappa shape index (κ1) is 17.5. The van der Waals surface area contributed by atoms with E-state index in [-0.39, 0.29) is 11.5 Å². The maximum atomic E-state index is 12.4. The fourth-order valence-electron chi connectivity index (χ4n) is 3.24. The molecule has 2 aromatic heterocycles. The molecule has 0 radical (unpaired) electrons. The first-order chi connectivity index (χ1) is 13.1. The average Bonchev–Trinajstić information content (AvgIpc) is 3.22. The molecule has 1 N–H and O–H groups in total. The number of nitrogens with zero attached hydrogens (tertiary/aromatic N) is 3. The third-order valence-electron chi connectivity index (χ3n) is 4.68. The summed E-state index contributed by atoms with van der Waals surface area (Å²) in [5.74, 6) is 0.0851. The first-order valence-corrected chi connectivity index (χ1v) is 9.29. The minimum Gasteiger partial charge on any atom is -0.379 e. The Morgan fingerprint density at radius 1 is 1.11 bits per heavy atom. The van der Waals surface area contributed by atoms with E-state index in [9.17, 15) is 9.59 Å². The van der Waals surface area contributed by atoms with Gasteiger partial charge in [-0.15, -0.1) is 0 Å². The zero-order valence-corrected chi connectivity index (χ0v) is 15.4. The van der Waals surface area contributed by atoms with E-state index in [1.165, 1.54) is 10.5 Å². The summed E-state index contributed by atoms with van der Waals surface area (Å²) in [6.45, 7) is 2.09. The van der Waals surface area contributed by atoms with E-state index in [1.54, 1.807) is 18.3 Å². The van der Waals surface area contributed by atoms with Crippen molar-refractivity contribution in [1.82, 2.24) is 14.3 Å². The predicted octanol–water partition coefficient (Wildman–Crippen LogP) is 3.20. The summed E-state index contributed by atoms with van der Waals surface area (Å²) < 4.78 is 1.42. The van der Waals surface area contributed by atoms with Crippen molar-refractivity contribution in [2.45, 2.75) is 19.4 Å². The van der Waals surface area contributed by atoms with Gasteiger partial charge in [-0.2, -0.15) is 0 Å². The topological polar surface area (TPSA) is 66.7 Å². The van der Waals surface area contributed by atoms with E-state index < -0.39 is 0 Å². The molecule has 6 nitrogen and oxygen atoms in total. The van der Waals surface area contributed by atoms with Gasteiger partial charge in [0.1, 0.15) is 5.65 Å². The van der Waals surface area contributed by atoms with E-state index in [0.717, 1.165) is 31.6 Å². The van der Waals surface area contributed by atoms with Crippen molar-refractivity contribution in [3.63, 3.8) is 0 Å². The molecule has 1 fully saturated rings. The Balaban J connectivity index is 1.45. The summed E-state index contributed by atoms with van der Waals surface area (Å²) in [6.07, 6.45) is 3.71. The average molecular weight is 383 g/mol. The second-order valence-electron chi connectivity index (χ2n) is 6.59. The van der Waals surface area contributed by atoms with E-state index in [4.69, 9.17) is 11.6 Å². The standard InChI is InChI=1S/C20H19ClN4O2/c21-15-5-8-18-23-17(11-19(26)25(18)13-15)12-22-16-6-3-14(4-7-16)20(27)24-9-1-2-10-24/h3-8,11,13,22H,1-2,9-10,12H2. The molecular formula is C20H19ClN4O2. The second kappa shape index (κ2) is 7.40. The Hall–Kier alpha value is -2.86. The molecule has 4 rings (SSSR count). The number of amides is 1. The number of fused-ring (bicyclic) bond motifs is 1. The van der Waals surface area contributed by atoms with Crippen LogP contribution < -0.4 is 10.9 Å². The van der Waals surface area contributed by atoms with Crippen molar-refractivity contribution < 1.29 is 4.79 Å². The number of rotatable bonds is 4. The monoisotopic (exact) mass is 382 g/mol. The van der Waals surface area contributed by atoms with Crippen LogP contribution in [0.5, 0.6) is 0 Å². The summed E-state index contributed by atoms with van der Waals surface area (Å²) in [7, 11) is 0. The maximum Gasteiger partial charge on any atom is 0.258 e. The lowest BCUT2D eigenvalue weighted by Crippen LogP contribution is -2.27. The molecule has 27 heavy (non-hydrogen) atoms. The van der Waals surface area contributed by atoms with Crippen LogP contribution in [0, 0.1) is 0 Å². The van der Waals surface area contributed by atoms with Crippen LogP contribution in [0.15, 0.2) is 53.5 Å². The van der Waals surface area contributed by atoms with Gasteiger partial charge in [0, 0.05) is 36.6 Å². The molecule has 1 saturated heterocycles. The maximum absolute atomic E-state index is 12.4. The lowest BCUT2D eigenvalue weighted by Gasteiger charge is -2.15.